The van der Waals surface area contributed by atoms with Crippen molar-refractivity contribution >= 4 is 17.7 Å². The molecule has 0 amide bonds. The zero-order chi connectivity index (χ0) is 26.5. The second-order valence-electron chi connectivity index (χ2n) is 10.4. The average Bonchev–Trinajstić information content (AvgIpc) is 3.27. The van der Waals surface area contributed by atoms with Crippen molar-refractivity contribution in [2.75, 3.05) is 13.2 Å². The van der Waals surface area contributed by atoms with Crippen LogP contribution in [-0.4, -0.2) is 94.3 Å². The minimum atomic E-state index is -1.60. The van der Waals surface area contributed by atoms with Gasteiger partial charge in [0.05, 0.1) is 19.1 Å². The molecule has 0 aromatic rings. The molecule has 0 aromatic carbocycles. The van der Waals surface area contributed by atoms with Gasteiger partial charge in [0, 0.05) is 23.3 Å². The van der Waals surface area contributed by atoms with Crippen LogP contribution in [0.5, 0.6) is 0 Å². The van der Waals surface area contributed by atoms with Crippen LogP contribution in [0.4, 0.5) is 0 Å². The smallest absolute Gasteiger partial charge is 0.333 e. The summed E-state index contributed by atoms with van der Waals surface area (Å²) in [6, 6.07) is 0. The van der Waals surface area contributed by atoms with Crippen LogP contribution in [0.25, 0.3) is 0 Å². The molecule has 2 aliphatic carbocycles. The summed E-state index contributed by atoms with van der Waals surface area (Å²) < 4.78 is 22.6. The largest absolute Gasteiger partial charge is 0.461 e. The Bertz CT molecular complexity index is 942. The Hall–Kier alpha value is -2.15. The predicted octanol–water partition coefficient (Wildman–Crippen LogP) is -0.750. The van der Waals surface area contributed by atoms with Crippen LogP contribution in [0.1, 0.15) is 27.2 Å². The van der Waals surface area contributed by atoms with Crippen molar-refractivity contribution in [1.82, 2.24) is 0 Å². The number of ketones is 1. The molecule has 0 radical (unpaired) electrons. The Morgan fingerprint density at radius 2 is 1.83 bits per heavy atom. The Labute approximate surface area is 208 Å². The Balaban J connectivity index is 1.58. The monoisotopic (exact) mass is 510 g/mol. The Kier molecular flexibility index (Phi) is 7.70. The van der Waals surface area contributed by atoms with E-state index < -0.39 is 85.1 Å². The fraction of sp³-hybridized carbons (Fsp3) is 0.720. The Morgan fingerprint density at radius 3 is 2.47 bits per heavy atom. The molecule has 36 heavy (non-hydrogen) atoms. The van der Waals surface area contributed by atoms with E-state index in [0.717, 1.165) is 0 Å². The van der Waals surface area contributed by atoms with E-state index in [1.807, 2.05) is 6.92 Å². The highest BCUT2D eigenvalue weighted by Gasteiger charge is 2.59. The van der Waals surface area contributed by atoms with Crippen molar-refractivity contribution in [2.24, 2.45) is 29.6 Å². The van der Waals surface area contributed by atoms with Gasteiger partial charge in [0.25, 0.3) is 0 Å². The summed E-state index contributed by atoms with van der Waals surface area (Å²) >= 11 is 0. The molecule has 2 saturated heterocycles. The number of rotatable bonds is 6. The van der Waals surface area contributed by atoms with E-state index >= 15 is 0 Å². The highest BCUT2D eigenvalue weighted by molar-refractivity contribution is 5.96. The van der Waals surface area contributed by atoms with E-state index in [1.54, 1.807) is 6.92 Å². The zero-order valence-corrected chi connectivity index (χ0v) is 20.5. The summed E-state index contributed by atoms with van der Waals surface area (Å²) in [6.07, 6.45) is -6.80. The summed E-state index contributed by atoms with van der Waals surface area (Å²) in [5.74, 6) is -3.50. The van der Waals surface area contributed by atoms with Crippen LogP contribution >= 0.6 is 0 Å². The first kappa shape index (κ1) is 26.9. The molecule has 4 rings (SSSR count). The van der Waals surface area contributed by atoms with Gasteiger partial charge < -0.3 is 39.4 Å². The van der Waals surface area contributed by atoms with E-state index in [4.69, 9.17) is 18.9 Å². The van der Waals surface area contributed by atoms with Crippen molar-refractivity contribution in [3.05, 3.63) is 23.8 Å². The predicted molar refractivity (Wildman–Crippen MR) is 121 cm³/mol. The third kappa shape index (κ3) is 4.64. The van der Waals surface area contributed by atoms with Crippen molar-refractivity contribution < 1.29 is 53.8 Å². The maximum absolute atomic E-state index is 13.1. The molecular formula is C25H34O11. The van der Waals surface area contributed by atoms with E-state index in [1.165, 1.54) is 13.0 Å². The molecule has 2 aliphatic heterocycles. The van der Waals surface area contributed by atoms with Gasteiger partial charge in [0.15, 0.2) is 12.1 Å². The van der Waals surface area contributed by atoms with Gasteiger partial charge in [-0.3, -0.25) is 9.59 Å². The highest BCUT2D eigenvalue weighted by atomic mass is 16.7. The van der Waals surface area contributed by atoms with E-state index in [2.05, 4.69) is 6.58 Å². The first-order chi connectivity index (χ1) is 17.0. The lowest BCUT2D eigenvalue weighted by atomic mass is 9.77. The molecule has 1 saturated carbocycles. The number of hydrogen-bond acceptors (Lipinski definition) is 11. The van der Waals surface area contributed by atoms with Gasteiger partial charge >= 0.3 is 11.9 Å². The average molecular weight is 511 g/mol. The number of carbonyl (C=O) groups is 3. The molecule has 4 N–H and O–H groups in total. The molecule has 4 aliphatic rings. The van der Waals surface area contributed by atoms with Gasteiger partial charge in [-0.05, 0) is 30.9 Å². The highest BCUT2D eigenvalue weighted by Crippen LogP contribution is 2.51. The number of fused-ring (bicyclic) bond motifs is 3. The first-order valence-electron chi connectivity index (χ1n) is 12.2. The lowest BCUT2D eigenvalue weighted by Crippen LogP contribution is -2.59. The van der Waals surface area contributed by atoms with Crippen LogP contribution in [0.3, 0.4) is 0 Å². The second kappa shape index (κ2) is 10.3. The van der Waals surface area contributed by atoms with E-state index in [9.17, 15) is 34.8 Å². The summed E-state index contributed by atoms with van der Waals surface area (Å²) in [7, 11) is 0. The van der Waals surface area contributed by atoms with E-state index in [-0.39, 0.29) is 23.9 Å². The topological polar surface area (TPSA) is 169 Å². The molecule has 0 unspecified atom stereocenters. The van der Waals surface area contributed by atoms with Crippen molar-refractivity contribution in [3.8, 4) is 0 Å². The molecule has 0 spiro atoms. The van der Waals surface area contributed by atoms with Crippen LogP contribution < -0.4 is 0 Å². The molecule has 12 atom stereocenters. The van der Waals surface area contributed by atoms with Gasteiger partial charge in [0.2, 0.25) is 0 Å². The number of aliphatic hydroxyl groups is 4. The number of hydrogen-bond donors (Lipinski definition) is 4. The third-order valence-electron chi connectivity index (χ3n) is 7.92. The van der Waals surface area contributed by atoms with Crippen LogP contribution in [0, 0.1) is 29.6 Å². The fourth-order valence-electron chi connectivity index (χ4n) is 6.00. The van der Waals surface area contributed by atoms with Crippen molar-refractivity contribution in [2.45, 2.75) is 70.1 Å². The van der Waals surface area contributed by atoms with Crippen LogP contribution in [0.2, 0.25) is 0 Å². The van der Waals surface area contributed by atoms with Gasteiger partial charge in [-0.15, -0.1) is 0 Å². The van der Waals surface area contributed by atoms with Crippen LogP contribution in [-0.2, 0) is 33.3 Å². The normalized spacial score (nSPS) is 44.2. The summed E-state index contributed by atoms with van der Waals surface area (Å²) in [6.45, 7) is 7.98. The number of allylic oxidation sites excluding steroid dienone is 1. The first-order valence-corrected chi connectivity index (χ1v) is 12.2. The second-order valence-corrected chi connectivity index (χ2v) is 10.4. The summed E-state index contributed by atoms with van der Waals surface area (Å²) in [4.78, 5) is 38.1. The minimum absolute atomic E-state index is 0.166. The van der Waals surface area contributed by atoms with Gasteiger partial charge in [0.1, 0.15) is 36.6 Å². The standard InChI is InChI=1S/C25H34O11/c1-9(2)23(31)34-14-5-10(3)16-13(27)6-12(18(16)22-17(14)11(4)24(32)36-22)8-33-25-21(30)20(29)19(28)15(7-26)35-25/h6,10-11,14-22,25-26,28-30H,1,5,7-8H2,2-4H3/t10-,11+,14+,15-,16-,17-,18+,19-,20+,21-,22-,25+/m1/s1. The summed E-state index contributed by atoms with van der Waals surface area (Å²) in [5, 5.41) is 39.7. The lowest BCUT2D eigenvalue weighted by Gasteiger charge is -2.40. The maximum atomic E-state index is 13.1. The number of carbonyl (C=O) groups excluding carboxylic acids is 3. The maximum Gasteiger partial charge on any atom is 0.333 e. The number of esters is 2. The summed E-state index contributed by atoms with van der Waals surface area (Å²) in [5.41, 5.74) is 0.753. The fourth-order valence-corrected chi connectivity index (χ4v) is 6.00. The SMILES string of the molecule is C=C(C)C(=O)O[C@H]1C[C@@H](C)[C@@H]2C(=O)C=C(CO[C@H]3O[C@H](CO)[C@@H](O)[C@H](O)[C@H]3O)[C@@H]2[C@@H]2OC(=O)[C@@H](C)[C@@H]21. The molecule has 0 aromatic heterocycles. The van der Waals surface area contributed by atoms with Crippen molar-refractivity contribution in [3.63, 3.8) is 0 Å². The number of ether oxygens (including phenoxy) is 4. The molecule has 11 heteroatoms. The Morgan fingerprint density at radius 1 is 1.14 bits per heavy atom. The number of aliphatic hydroxyl groups excluding tert-OH is 4. The molecular weight excluding hydrogens is 476 g/mol. The molecule has 0 bridgehead atoms. The minimum Gasteiger partial charge on any atom is -0.461 e. The molecule has 200 valence electrons. The zero-order valence-electron chi connectivity index (χ0n) is 20.5. The van der Waals surface area contributed by atoms with Gasteiger partial charge in [-0.1, -0.05) is 20.4 Å². The van der Waals surface area contributed by atoms with Crippen molar-refractivity contribution in [1.29, 1.82) is 0 Å². The molecule has 3 fully saturated rings. The lowest BCUT2D eigenvalue weighted by molar-refractivity contribution is -0.299. The molecule has 2 heterocycles. The molecule has 11 nitrogen and oxygen atoms in total. The third-order valence-corrected chi connectivity index (χ3v) is 7.92. The van der Waals surface area contributed by atoms with Gasteiger partial charge in [-0.2, -0.15) is 0 Å². The quantitative estimate of drug-likeness (QED) is 0.262. The van der Waals surface area contributed by atoms with Gasteiger partial charge in [-0.25, -0.2) is 4.79 Å². The van der Waals surface area contributed by atoms with E-state index in [0.29, 0.717) is 12.0 Å². The van der Waals surface area contributed by atoms with Crippen LogP contribution in [0.15, 0.2) is 23.8 Å².